The lowest BCUT2D eigenvalue weighted by molar-refractivity contribution is 0.0982. The van der Waals surface area contributed by atoms with Gasteiger partial charge in [0, 0.05) is 24.4 Å². The van der Waals surface area contributed by atoms with Crippen LogP contribution in [0.2, 0.25) is 0 Å². The van der Waals surface area contributed by atoms with Crippen LogP contribution in [0.1, 0.15) is 42.4 Å². The molecule has 0 atom stereocenters. The smallest absolute Gasteiger partial charge is 0.163 e. The van der Waals surface area contributed by atoms with E-state index in [-0.39, 0.29) is 11.8 Å². The van der Waals surface area contributed by atoms with E-state index in [9.17, 15) is 4.79 Å². The SMILES string of the molecule is COc1cnn(C(C)C)c1CCC(=O)c1ccccc1. The van der Waals surface area contributed by atoms with Gasteiger partial charge >= 0.3 is 0 Å². The summed E-state index contributed by atoms with van der Waals surface area (Å²) >= 11 is 0. The molecule has 1 aromatic heterocycles. The van der Waals surface area contributed by atoms with Gasteiger partial charge in [0.2, 0.25) is 0 Å². The van der Waals surface area contributed by atoms with Crippen molar-refractivity contribution in [2.24, 2.45) is 0 Å². The Bertz CT molecular complexity index is 573. The third-order valence-corrected chi connectivity index (χ3v) is 3.25. The van der Waals surface area contributed by atoms with Crippen LogP contribution in [-0.2, 0) is 6.42 Å². The molecule has 0 aliphatic carbocycles. The van der Waals surface area contributed by atoms with Gasteiger partial charge in [0.25, 0.3) is 0 Å². The van der Waals surface area contributed by atoms with Gasteiger partial charge in [-0.05, 0) is 13.8 Å². The van der Waals surface area contributed by atoms with Gasteiger partial charge < -0.3 is 4.74 Å². The lowest BCUT2D eigenvalue weighted by atomic mass is 10.1. The highest BCUT2D eigenvalue weighted by molar-refractivity contribution is 5.96. The van der Waals surface area contributed by atoms with Gasteiger partial charge in [-0.1, -0.05) is 30.3 Å². The first-order valence-corrected chi connectivity index (χ1v) is 6.82. The van der Waals surface area contributed by atoms with E-state index in [1.165, 1.54) is 0 Å². The van der Waals surface area contributed by atoms with E-state index in [0.717, 1.165) is 17.0 Å². The van der Waals surface area contributed by atoms with Crippen molar-refractivity contribution in [2.45, 2.75) is 32.7 Å². The highest BCUT2D eigenvalue weighted by Crippen LogP contribution is 2.23. The molecule has 0 aliphatic heterocycles. The maximum Gasteiger partial charge on any atom is 0.163 e. The Labute approximate surface area is 119 Å². The molecule has 0 spiro atoms. The molecular weight excluding hydrogens is 252 g/mol. The van der Waals surface area contributed by atoms with Crippen molar-refractivity contribution in [3.8, 4) is 5.75 Å². The second-order valence-electron chi connectivity index (χ2n) is 4.99. The van der Waals surface area contributed by atoms with Crippen LogP contribution in [-0.4, -0.2) is 22.7 Å². The first-order valence-electron chi connectivity index (χ1n) is 6.82. The number of carbonyl (C=O) groups excluding carboxylic acids is 1. The average molecular weight is 272 g/mol. The Balaban J connectivity index is 2.11. The van der Waals surface area contributed by atoms with Gasteiger partial charge in [-0.25, -0.2) is 0 Å². The maximum absolute atomic E-state index is 12.2. The van der Waals surface area contributed by atoms with Gasteiger partial charge in [-0.15, -0.1) is 0 Å². The van der Waals surface area contributed by atoms with E-state index in [1.807, 2.05) is 35.0 Å². The third-order valence-electron chi connectivity index (χ3n) is 3.25. The lowest BCUT2D eigenvalue weighted by Crippen LogP contribution is -2.10. The molecule has 2 rings (SSSR count). The summed E-state index contributed by atoms with van der Waals surface area (Å²) in [6, 6.07) is 9.62. The number of aromatic nitrogens is 2. The Hall–Kier alpha value is -2.10. The van der Waals surface area contributed by atoms with E-state index in [1.54, 1.807) is 13.3 Å². The zero-order chi connectivity index (χ0) is 14.5. The van der Waals surface area contributed by atoms with Crippen LogP contribution in [0.5, 0.6) is 5.75 Å². The molecule has 0 radical (unpaired) electrons. The molecule has 0 amide bonds. The molecular formula is C16H20N2O2. The molecule has 4 heteroatoms. The van der Waals surface area contributed by atoms with E-state index >= 15 is 0 Å². The zero-order valence-corrected chi connectivity index (χ0v) is 12.2. The number of hydrogen-bond acceptors (Lipinski definition) is 3. The lowest BCUT2D eigenvalue weighted by Gasteiger charge is -2.11. The second-order valence-corrected chi connectivity index (χ2v) is 4.99. The van der Waals surface area contributed by atoms with Crippen LogP contribution < -0.4 is 4.74 Å². The van der Waals surface area contributed by atoms with Crippen molar-refractivity contribution in [1.82, 2.24) is 9.78 Å². The second kappa shape index (κ2) is 6.37. The molecule has 4 nitrogen and oxygen atoms in total. The number of carbonyl (C=O) groups is 1. The summed E-state index contributed by atoms with van der Waals surface area (Å²) < 4.78 is 7.23. The molecule has 0 N–H and O–H groups in total. The molecule has 2 aromatic rings. The van der Waals surface area contributed by atoms with Crippen LogP contribution in [0.4, 0.5) is 0 Å². The fourth-order valence-corrected chi connectivity index (χ4v) is 2.23. The van der Waals surface area contributed by atoms with Crippen molar-refractivity contribution in [3.05, 3.63) is 47.8 Å². The first-order chi connectivity index (χ1) is 9.63. The summed E-state index contributed by atoms with van der Waals surface area (Å²) in [7, 11) is 1.63. The molecule has 20 heavy (non-hydrogen) atoms. The van der Waals surface area contributed by atoms with Crippen molar-refractivity contribution < 1.29 is 9.53 Å². The molecule has 0 fully saturated rings. The van der Waals surface area contributed by atoms with Crippen LogP contribution in [0, 0.1) is 0 Å². The highest BCUT2D eigenvalue weighted by atomic mass is 16.5. The molecule has 0 aliphatic rings. The Kier molecular flexibility index (Phi) is 4.56. The number of methoxy groups -OCH3 is 1. The van der Waals surface area contributed by atoms with Crippen molar-refractivity contribution in [2.75, 3.05) is 7.11 Å². The Morgan fingerprint density at radius 2 is 2.00 bits per heavy atom. The largest absolute Gasteiger partial charge is 0.493 e. The highest BCUT2D eigenvalue weighted by Gasteiger charge is 2.15. The van der Waals surface area contributed by atoms with E-state index < -0.39 is 0 Å². The van der Waals surface area contributed by atoms with Crippen LogP contribution in [0.3, 0.4) is 0 Å². The molecule has 0 unspecified atom stereocenters. The minimum Gasteiger partial charge on any atom is -0.493 e. The number of benzene rings is 1. The van der Waals surface area contributed by atoms with E-state index in [2.05, 4.69) is 18.9 Å². The Morgan fingerprint density at radius 1 is 1.30 bits per heavy atom. The monoisotopic (exact) mass is 272 g/mol. The summed E-state index contributed by atoms with van der Waals surface area (Å²) in [5.41, 5.74) is 1.73. The minimum atomic E-state index is 0.143. The number of hydrogen-bond donors (Lipinski definition) is 0. The predicted octanol–water partition coefficient (Wildman–Crippen LogP) is 3.29. The van der Waals surface area contributed by atoms with Gasteiger partial charge in [0.05, 0.1) is 19.0 Å². The van der Waals surface area contributed by atoms with Gasteiger partial charge in [0.1, 0.15) is 0 Å². The van der Waals surface area contributed by atoms with Gasteiger partial charge in [0.15, 0.2) is 11.5 Å². The van der Waals surface area contributed by atoms with E-state index in [0.29, 0.717) is 12.8 Å². The van der Waals surface area contributed by atoms with Crippen LogP contribution in [0.15, 0.2) is 36.5 Å². The van der Waals surface area contributed by atoms with Crippen molar-refractivity contribution in [1.29, 1.82) is 0 Å². The molecule has 0 saturated heterocycles. The van der Waals surface area contributed by atoms with E-state index in [4.69, 9.17) is 4.74 Å². The van der Waals surface area contributed by atoms with Crippen molar-refractivity contribution in [3.63, 3.8) is 0 Å². The fraction of sp³-hybridized carbons (Fsp3) is 0.375. The zero-order valence-electron chi connectivity index (χ0n) is 12.2. The summed E-state index contributed by atoms with van der Waals surface area (Å²) in [6.07, 6.45) is 2.80. The Morgan fingerprint density at radius 3 is 2.60 bits per heavy atom. The minimum absolute atomic E-state index is 0.143. The molecule has 106 valence electrons. The normalized spacial score (nSPS) is 10.8. The first kappa shape index (κ1) is 14.3. The summed E-state index contributed by atoms with van der Waals surface area (Å²) in [6.45, 7) is 4.13. The molecule has 1 aromatic carbocycles. The predicted molar refractivity (Wildman–Crippen MR) is 78.3 cm³/mol. The molecule has 0 bridgehead atoms. The number of ether oxygens (including phenoxy) is 1. The quantitative estimate of drug-likeness (QED) is 0.758. The third kappa shape index (κ3) is 3.07. The summed E-state index contributed by atoms with van der Waals surface area (Å²) in [5, 5.41) is 4.32. The number of nitrogens with zero attached hydrogens (tertiary/aromatic N) is 2. The summed E-state index contributed by atoms with van der Waals surface area (Å²) in [5.74, 6) is 0.892. The maximum atomic E-state index is 12.2. The average Bonchev–Trinajstić information content (AvgIpc) is 2.88. The molecule has 1 heterocycles. The number of ketones is 1. The molecule has 0 saturated carbocycles. The van der Waals surface area contributed by atoms with Gasteiger partial charge in [-0.3, -0.25) is 9.48 Å². The summed E-state index contributed by atoms with van der Waals surface area (Å²) in [4.78, 5) is 12.2. The standard InChI is InChI=1S/C16H20N2O2/c1-12(2)18-14(16(20-3)11-17-18)9-10-15(19)13-7-5-4-6-8-13/h4-8,11-12H,9-10H2,1-3H3. The topological polar surface area (TPSA) is 44.1 Å². The number of Topliss-reactive ketones (excluding diaryl/α,β-unsaturated/α-hetero) is 1. The van der Waals surface area contributed by atoms with Crippen molar-refractivity contribution >= 4 is 5.78 Å². The number of rotatable bonds is 6. The van der Waals surface area contributed by atoms with Crippen LogP contribution >= 0.6 is 0 Å². The van der Waals surface area contributed by atoms with Crippen LogP contribution in [0.25, 0.3) is 0 Å². The fourth-order valence-electron chi connectivity index (χ4n) is 2.23. The van der Waals surface area contributed by atoms with Gasteiger partial charge in [-0.2, -0.15) is 5.10 Å².